The summed E-state index contributed by atoms with van der Waals surface area (Å²) in [6.07, 6.45) is 6.30. The van der Waals surface area contributed by atoms with Crippen molar-refractivity contribution in [2.24, 2.45) is 0 Å². The zero-order valence-electron chi connectivity index (χ0n) is 17.6. The molecule has 0 aliphatic heterocycles. The number of esters is 2. The second-order valence-corrected chi connectivity index (χ2v) is 13.1. The molecule has 0 fully saturated rings. The van der Waals surface area contributed by atoms with Crippen LogP contribution in [-0.2, 0) is 19.1 Å². The van der Waals surface area contributed by atoms with Gasteiger partial charge in [-0.25, -0.2) is 0 Å². The highest BCUT2D eigenvalue weighted by atomic mass is 32.2. The quantitative estimate of drug-likeness (QED) is 0.148. The Kier molecular flexibility index (Phi) is 19.6. The van der Waals surface area contributed by atoms with Gasteiger partial charge in [-0.15, -0.1) is 23.5 Å². The van der Waals surface area contributed by atoms with Crippen LogP contribution in [0.5, 0.6) is 0 Å². The van der Waals surface area contributed by atoms with Gasteiger partial charge >= 0.3 is 11.9 Å². The molecule has 2 atom stereocenters. The van der Waals surface area contributed by atoms with Gasteiger partial charge in [0.15, 0.2) is 0 Å². The van der Waals surface area contributed by atoms with Crippen molar-refractivity contribution in [1.29, 1.82) is 0 Å². The van der Waals surface area contributed by atoms with Gasteiger partial charge in [-0.2, -0.15) is 0 Å². The third-order valence-corrected chi connectivity index (χ3v) is 9.61. The second kappa shape index (κ2) is 19.2. The maximum absolute atomic E-state index is 12.1. The highest BCUT2D eigenvalue weighted by Crippen LogP contribution is 2.30. The fourth-order valence-electron chi connectivity index (χ4n) is 2.10. The molecule has 0 aliphatic carbocycles. The molecule has 0 N–H and O–H groups in total. The fraction of sp³-hybridized carbons (Fsp3) is 0.789. The van der Waals surface area contributed by atoms with Crippen LogP contribution in [0, 0.1) is 0 Å². The number of hydrogen-bond acceptors (Lipinski definition) is 10. The van der Waals surface area contributed by atoms with Crippen molar-refractivity contribution in [3.63, 3.8) is 0 Å². The molecule has 0 rings (SSSR count). The van der Waals surface area contributed by atoms with E-state index in [1.54, 1.807) is 23.5 Å². The summed E-state index contributed by atoms with van der Waals surface area (Å²) in [6, 6.07) is 0. The molecule has 0 heterocycles. The van der Waals surface area contributed by atoms with E-state index in [1.165, 1.54) is 37.7 Å². The van der Waals surface area contributed by atoms with Gasteiger partial charge in [-0.3, -0.25) is 9.59 Å². The van der Waals surface area contributed by atoms with E-state index >= 15 is 0 Å². The molecule has 0 aromatic rings. The highest BCUT2D eigenvalue weighted by Gasteiger charge is 2.25. The molecule has 4 nitrogen and oxygen atoms in total. The van der Waals surface area contributed by atoms with Gasteiger partial charge in [-0.1, -0.05) is 81.1 Å². The number of methoxy groups -OCH3 is 2. The van der Waals surface area contributed by atoms with E-state index in [4.69, 9.17) is 33.9 Å². The van der Waals surface area contributed by atoms with Crippen molar-refractivity contribution in [2.45, 2.75) is 69.3 Å². The Balaban J connectivity index is 4.64. The summed E-state index contributed by atoms with van der Waals surface area (Å²) in [6.45, 7) is 4.27. The van der Waals surface area contributed by atoms with Gasteiger partial charge in [0, 0.05) is 0 Å². The van der Waals surface area contributed by atoms with E-state index < -0.39 is 0 Å². The van der Waals surface area contributed by atoms with Crippen molar-refractivity contribution in [3.05, 3.63) is 0 Å². The van der Waals surface area contributed by atoms with E-state index in [9.17, 15) is 9.59 Å². The summed E-state index contributed by atoms with van der Waals surface area (Å²) in [7, 11) is 2.78. The smallest absolute Gasteiger partial charge is 0.319 e. The Morgan fingerprint density at radius 1 is 0.759 bits per heavy atom. The summed E-state index contributed by atoms with van der Waals surface area (Å²) in [5, 5.41) is -0.702. The highest BCUT2D eigenvalue weighted by molar-refractivity contribution is 8.48. The maximum atomic E-state index is 12.1. The average Bonchev–Trinajstić information content (AvgIpc) is 2.71. The lowest BCUT2D eigenvalue weighted by molar-refractivity contribution is -0.140. The molecule has 0 aliphatic rings. The molecule has 10 heteroatoms. The van der Waals surface area contributed by atoms with Crippen molar-refractivity contribution in [2.75, 3.05) is 25.7 Å². The third-order valence-electron chi connectivity index (χ3n) is 3.77. The normalized spacial score (nSPS) is 12.8. The Bertz CT molecular complexity index is 471. The zero-order valence-corrected chi connectivity index (χ0v) is 22.5. The van der Waals surface area contributed by atoms with Crippen LogP contribution in [-0.4, -0.2) is 55.2 Å². The maximum Gasteiger partial charge on any atom is 0.319 e. The monoisotopic (exact) mass is 516 g/mol. The summed E-state index contributed by atoms with van der Waals surface area (Å²) in [4.78, 5) is 24.3. The molecule has 0 aromatic carbocycles. The first kappa shape index (κ1) is 29.5. The van der Waals surface area contributed by atoms with Crippen LogP contribution < -0.4 is 0 Å². The lowest BCUT2D eigenvalue weighted by atomic mass is 10.1. The van der Waals surface area contributed by atoms with Gasteiger partial charge in [0.25, 0.3) is 0 Å². The van der Waals surface area contributed by atoms with Crippen LogP contribution in [0.3, 0.4) is 0 Å². The third kappa shape index (κ3) is 15.0. The molecule has 0 saturated heterocycles. The first-order valence-corrected chi connectivity index (χ1v) is 14.3. The number of thiocarbonyl (C=S) groups is 2. The molecule has 0 saturated carbocycles. The largest absolute Gasteiger partial charge is 0.468 e. The van der Waals surface area contributed by atoms with Crippen LogP contribution in [0.25, 0.3) is 0 Å². The average molecular weight is 517 g/mol. The van der Waals surface area contributed by atoms with Crippen LogP contribution in [0.1, 0.15) is 58.8 Å². The van der Waals surface area contributed by atoms with E-state index in [2.05, 4.69) is 13.8 Å². The number of carbonyl (C=O) groups is 2. The topological polar surface area (TPSA) is 52.6 Å². The van der Waals surface area contributed by atoms with Crippen molar-refractivity contribution >= 4 is 90.5 Å². The summed E-state index contributed by atoms with van der Waals surface area (Å²) in [5.41, 5.74) is 0. The number of rotatable bonds is 14. The number of carbonyl (C=O) groups excluding carboxylic acids is 2. The molecule has 0 amide bonds. The molecule has 0 bridgehead atoms. The molecule has 0 aromatic heterocycles. The van der Waals surface area contributed by atoms with Gasteiger partial charge in [-0.05, 0) is 37.2 Å². The van der Waals surface area contributed by atoms with Gasteiger partial charge in [0.2, 0.25) is 0 Å². The molecule has 168 valence electrons. The first-order valence-electron chi connectivity index (χ1n) is 9.71. The van der Waals surface area contributed by atoms with Crippen LogP contribution in [0.2, 0.25) is 0 Å². The van der Waals surface area contributed by atoms with Crippen LogP contribution in [0.15, 0.2) is 0 Å². The molecular weight excluding hydrogens is 485 g/mol. The van der Waals surface area contributed by atoms with E-state index in [-0.39, 0.29) is 22.4 Å². The van der Waals surface area contributed by atoms with Crippen molar-refractivity contribution in [1.82, 2.24) is 0 Å². The minimum absolute atomic E-state index is 0.277. The molecular formula is C19H32O4S6. The zero-order chi connectivity index (χ0) is 22.1. The Morgan fingerprint density at radius 3 is 1.45 bits per heavy atom. The molecule has 0 radical (unpaired) electrons. The van der Waals surface area contributed by atoms with Gasteiger partial charge in [0.05, 0.1) is 14.2 Å². The van der Waals surface area contributed by atoms with Crippen LogP contribution in [0.4, 0.5) is 0 Å². The molecule has 2 unspecified atom stereocenters. The Labute approximate surface area is 203 Å². The van der Waals surface area contributed by atoms with Crippen molar-refractivity contribution < 1.29 is 19.1 Å². The van der Waals surface area contributed by atoms with Gasteiger partial charge < -0.3 is 9.47 Å². The summed E-state index contributed by atoms with van der Waals surface area (Å²) < 4.78 is 11.4. The SMILES string of the molecule is CCCCSC(=S)SC(CCCC(SC(=S)SCCCC)C(=O)OC)C(=O)OC. The number of thioether (sulfide) groups is 4. The number of unbranched alkanes of at least 4 members (excludes halogenated alkanes) is 2. The van der Waals surface area contributed by atoms with E-state index in [1.807, 2.05) is 0 Å². The van der Waals surface area contributed by atoms with Gasteiger partial charge in [0.1, 0.15) is 17.6 Å². The predicted molar refractivity (Wildman–Crippen MR) is 141 cm³/mol. The number of hydrogen-bond donors (Lipinski definition) is 0. The predicted octanol–water partition coefficient (Wildman–Crippen LogP) is 6.34. The Morgan fingerprint density at radius 2 is 1.14 bits per heavy atom. The van der Waals surface area contributed by atoms with Crippen molar-refractivity contribution in [3.8, 4) is 0 Å². The second-order valence-electron chi connectivity index (χ2n) is 6.09. The fourth-order valence-corrected chi connectivity index (χ4v) is 7.66. The van der Waals surface area contributed by atoms with E-state index in [0.717, 1.165) is 44.2 Å². The standard InChI is InChI=1S/C19H32O4S6/c1-5-7-12-26-18(24)28-14(16(20)22-3)10-9-11-15(17(21)23-4)29-19(25)27-13-8-6-2/h14-15H,5-13H2,1-4H3. The Hall–Kier alpha value is 0.520. The first-order chi connectivity index (χ1) is 13.9. The molecule has 0 spiro atoms. The lowest BCUT2D eigenvalue weighted by Gasteiger charge is -2.17. The van der Waals surface area contributed by atoms with Crippen LogP contribution >= 0.6 is 71.5 Å². The minimum atomic E-state index is -0.351. The molecule has 29 heavy (non-hydrogen) atoms. The summed E-state index contributed by atoms with van der Waals surface area (Å²) in [5.74, 6) is 1.37. The summed E-state index contributed by atoms with van der Waals surface area (Å²) >= 11 is 16.8. The van der Waals surface area contributed by atoms with E-state index in [0.29, 0.717) is 19.3 Å². The lowest BCUT2D eigenvalue weighted by Crippen LogP contribution is -2.23. The number of ether oxygens (including phenoxy) is 2. The minimum Gasteiger partial charge on any atom is -0.468 e.